The molecule has 114 valence electrons. The van der Waals surface area contributed by atoms with E-state index in [4.69, 9.17) is 11.2 Å². The molecule has 20 heavy (non-hydrogen) atoms. The molecule has 0 aromatic heterocycles. The molecular weight excluding hydrogens is 252 g/mol. The van der Waals surface area contributed by atoms with Crippen molar-refractivity contribution in [1.29, 1.82) is 0 Å². The first-order valence-electron chi connectivity index (χ1n) is 7.84. The van der Waals surface area contributed by atoms with Crippen LogP contribution in [0.4, 0.5) is 0 Å². The average Bonchev–Trinajstić information content (AvgIpc) is 2.45. The zero-order valence-electron chi connectivity index (χ0n) is 12.6. The number of esters is 1. The van der Waals surface area contributed by atoms with Crippen LogP contribution < -0.4 is 0 Å². The smallest absolute Gasteiger partial charge is 0.305 e. The maximum Gasteiger partial charge on any atom is 0.305 e. The SMILES string of the molecule is C#CCCCCCCCCC(=O)OCCCCCC=O. The monoisotopic (exact) mass is 280 g/mol. The van der Waals surface area contributed by atoms with Gasteiger partial charge in [0.15, 0.2) is 0 Å². The normalized spacial score (nSPS) is 9.95. The van der Waals surface area contributed by atoms with Gasteiger partial charge in [0.1, 0.15) is 6.29 Å². The maximum atomic E-state index is 11.4. The Labute approximate surface area is 123 Å². The Morgan fingerprint density at radius 2 is 1.60 bits per heavy atom. The van der Waals surface area contributed by atoms with Crippen LogP contribution in [-0.2, 0) is 14.3 Å². The molecule has 3 heteroatoms. The lowest BCUT2D eigenvalue weighted by atomic mass is 10.1. The van der Waals surface area contributed by atoms with E-state index in [1.54, 1.807) is 0 Å². The standard InChI is InChI=1S/C17H28O3/c1-2-3-4-5-6-7-8-11-14-17(19)20-16-13-10-9-12-15-18/h1,15H,3-14,16H2. The van der Waals surface area contributed by atoms with Crippen molar-refractivity contribution in [3.05, 3.63) is 0 Å². The van der Waals surface area contributed by atoms with Gasteiger partial charge in [0.05, 0.1) is 6.61 Å². The Balaban J connectivity index is 3.16. The first-order chi connectivity index (χ1) is 9.81. The van der Waals surface area contributed by atoms with E-state index in [9.17, 15) is 9.59 Å². The Hall–Kier alpha value is -1.30. The summed E-state index contributed by atoms with van der Waals surface area (Å²) < 4.78 is 5.13. The fourth-order valence-electron chi connectivity index (χ4n) is 1.97. The molecule has 0 fully saturated rings. The first kappa shape index (κ1) is 18.7. The van der Waals surface area contributed by atoms with E-state index in [1.165, 1.54) is 19.3 Å². The zero-order chi connectivity index (χ0) is 14.9. The minimum atomic E-state index is -0.0901. The van der Waals surface area contributed by atoms with E-state index in [0.717, 1.165) is 51.2 Å². The third kappa shape index (κ3) is 14.8. The molecule has 0 aliphatic carbocycles. The van der Waals surface area contributed by atoms with Crippen molar-refractivity contribution < 1.29 is 14.3 Å². The molecule has 3 nitrogen and oxygen atoms in total. The molecule has 0 atom stereocenters. The highest BCUT2D eigenvalue weighted by Gasteiger charge is 2.02. The summed E-state index contributed by atoms with van der Waals surface area (Å²) in [4.78, 5) is 21.5. The average molecular weight is 280 g/mol. The lowest BCUT2D eigenvalue weighted by Crippen LogP contribution is -2.05. The molecule has 0 saturated carbocycles. The topological polar surface area (TPSA) is 43.4 Å². The van der Waals surface area contributed by atoms with Gasteiger partial charge in [0, 0.05) is 19.3 Å². The van der Waals surface area contributed by atoms with Gasteiger partial charge in [-0.25, -0.2) is 0 Å². The molecule has 0 aliphatic heterocycles. The summed E-state index contributed by atoms with van der Waals surface area (Å²) in [6.45, 7) is 0.490. The van der Waals surface area contributed by atoms with Crippen molar-refractivity contribution in [2.24, 2.45) is 0 Å². The highest BCUT2D eigenvalue weighted by atomic mass is 16.5. The van der Waals surface area contributed by atoms with Crippen LogP contribution in [0.15, 0.2) is 0 Å². The minimum Gasteiger partial charge on any atom is -0.466 e. The molecule has 0 aliphatic rings. The van der Waals surface area contributed by atoms with Gasteiger partial charge >= 0.3 is 5.97 Å². The third-order valence-electron chi connectivity index (χ3n) is 3.18. The number of aldehydes is 1. The number of unbranched alkanes of at least 4 members (excludes halogenated alkanes) is 9. The summed E-state index contributed by atoms with van der Waals surface area (Å²) in [5, 5.41) is 0. The summed E-state index contributed by atoms with van der Waals surface area (Å²) >= 11 is 0. The second kappa shape index (κ2) is 15.8. The van der Waals surface area contributed by atoms with E-state index < -0.39 is 0 Å². The number of rotatable bonds is 14. The van der Waals surface area contributed by atoms with Gasteiger partial charge in [-0.1, -0.05) is 25.7 Å². The third-order valence-corrected chi connectivity index (χ3v) is 3.18. The largest absolute Gasteiger partial charge is 0.466 e. The summed E-state index contributed by atoms with van der Waals surface area (Å²) in [5.41, 5.74) is 0. The van der Waals surface area contributed by atoms with Crippen LogP contribution in [0.3, 0.4) is 0 Å². The fraction of sp³-hybridized carbons (Fsp3) is 0.765. The van der Waals surface area contributed by atoms with Crippen LogP contribution in [0.5, 0.6) is 0 Å². The predicted molar refractivity (Wildman–Crippen MR) is 81.3 cm³/mol. The van der Waals surface area contributed by atoms with Gasteiger partial charge in [-0.3, -0.25) is 4.79 Å². The van der Waals surface area contributed by atoms with Crippen molar-refractivity contribution in [2.45, 2.75) is 77.0 Å². The second-order valence-corrected chi connectivity index (χ2v) is 5.06. The quantitative estimate of drug-likeness (QED) is 0.209. The van der Waals surface area contributed by atoms with E-state index in [2.05, 4.69) is 5.92 Å². The van der Waals surface area contributed by atoms with Gasteiger partial charge in [0.25, 0.3) is 0 Å². The molecule has 0 amide bonds. The maximum absolute atomic E-state index is 11.4. The molecule has 0 spiro atoms. The second-order valence-electron chi connectivity index (χ2n) is 5.06. The lowest BCUT2D eigenvalue weighted by Gasteiger charge is -2.04. The summed E-state index contributed by atoms with van der Waals surface area (Å²) in [7, 11) is 0. The number of ether oxygens (including phenoxy) is 1. The molecule has 0 unspecified atom stereocenters. The molecule has 0 saturated heterocycles. The molecular formula is C17H28O3. The number of carbonyl (C=O) groups is 2. The minimum absolute atomic E-state index is 0.0901. The van der Waals surface area contributed by atoms with Crippen LogP contribution in [0.25, 0.3) is 0 Å². The van der Waals surface area contributed by atoms with Gasteiger partial charge < -0.3 is 9.53 Å². The molecule has 0 heterocycles. The van der Waals surface area contributed by atoms with Gasteiger partial charge in [-0.2, -0.15) is 0 Å². The number of carbonyl (C=O) groups excluding carboxylic acids is 2. The van der Waals surface area contributed by atoms with Crippen molar-refractivity contribution in [3.63, 3.8) is 0 Å². The Bertz CT molecular complexity index is 278. The highest BCUT2D eigenvalue weighted by Crippen LogP contribution is 2.09. The van der Waals surface area contributed by atoms with Crippen LogP contribution in [0.2, 0.25) is 0 Å². The van der Waals surface area contributed by atoms with Gasteiger partial charge in [-0.15, -0.1) is 12.3 Å². The van der Waals surface area contributed by atoms with E-state index in [-0.39, 0.29) is 5.97 Å². The van der Waals surface area contributed by atoms with Crippen molar-refractivity contribution >= 4 is 12.3 Å². The van der Waals surface area contributed by atoms with Crippen LogP contribution in [-0.4, -0.2) is 18.9 Å². The van der Waals surface area contributed by atoms with E-state index in [1.807, 2.05) is 0 Å². The van der Waals surface area contributed by atoms with E-state index in [0.29, 0.717) is 19.4 Å². The number of hydrogen-bond donors (Lipinski definition) is 0. The van der Waals surface area contributed by atoms with Crippen LogP contribution in [0.1, 0.15) is 77.0 Å². The van der Waals surface area contributed by atoms with Gasteiger partial charge in [-0.05, 0) is 32.1 Å². The van der Waals surface area contributed by atoms with E-state index >= 15 is 0 Å². The molecule has 0 aromatic rings. The van der Waals surface area contributed by atoms with Crippen molar-refractivity contribution in [2.75, 3.05) is 6.61 Å². The lowest BCUT2D eigenvalue weighted by molar-refractivity contribution is -0.143. The Morgan fingerprint density at radius 1 is 0.950 bits per heavy atom. The molecule has 0 N–H and O–H groups in total. The molecule has 0 bridgehead atoms. The molecule has 0 aromatic carbocycles. The number of terminal acetylenes is 1. The van der Waals surface area contributed by atoms with Crippen LogP contribution in [0, 0.1) is 12.3 Å². The van der Waals surface area contributed by atoms with Gasteiger partial charge in [0.2, 0.25) is 0 Å². The van der Waals surface area contributed by atoms with Crippen molar-refractivity contribution in [3.8, 4) is 12.3 Å². The molecule has 0 rings (SSSR count). The van der Waals surface area contributed by atoms with Crippen LogP contribution >= 0.6 is 0 Å². The summed E-state index contributed by atoms with van der Waals surface area (Å²) in [5.74, 6) is 2.55. The predicted octanol–water partition coefficient (Wildman–Crippen LogP) is 4.04. The molecule has 0 radical (unpaired) electrons. The Kier molecular flexibility index (Phi) is 14.7. The summed E-state index contributed by atoms with van der Waals surface area (Å²) in [6, 6.07) is 0. The Morgan fingerprint density at radius 3 is 2.30 bits per heavy atom. The highest BCUT2D eigenvalue weighted by molar-refractivity contribution is 5.69. The van der Waals surface area contributed by atoms with Crippen molar-refractivity contribution in [1.82, 2.24) is 0 Å². The number of hydrogen-bond acceptors (Lipinski definition) is 3. The first-order valence-corrected chi connectivity index (χ1v) is 7.84. The summed E-state index contributed by atoms with van der Waals surface area (Å²) in [6.07, 6.45) is 17.5. The zero-order valence-corrected chi connectivity index (χ0v) is 12.6. The fourth-order valence-corrected chi connectivity index (χ4v) is 1.97.